The zero-order valence-electron chi connectivity index (χ0n) is 12.6. The van der Waals surface area contributed by atoms with E-state index in [2.05, 4.69) is 19.7 Å². The van der Waals surface area contributed by atoms with E-state index in [-0.39, 0.29) is 4.90 Å². The predicted molar refractivity (Wildman–Crippen MR) is 99.5 cm³/mol. The largest absolute Gasteiger partial charge is 0.337 e. The van der Waals surface area contributed by atoms with Crippen LogP contribution >= 0.6 is 22.9 Å². The Kier molecular flexibility index (Phi) is 3.95. The van der Waals surface area contributed by atoms with E-state index < -0.39 is 10.0 Å². The Hall–Kier alpha value is -2.42. The van der Waals surface area contributed by atoms with E-state index in [1.807, 2.05) is 5.38 Å². The van der Waals surface area contributed by atoms with Gasteiger partial charge in [0.25, 0.3) is 10.0 Å². The first-order valence-electron chi connectivity index (χ1n) is 7.19. The van der Waals surface area contributed by atoms with Crippen LogP contribution in [0.1, 0.15) is 0 Å². The monoisotopic (exact) mass is 390 g/mol. The van der Waals surface area contributed by atoms with Gasteiger partial charge in [0.05, 0.1) is 32.1 Å². The highest BCUT2D eigenvalue weighted by atomic mass is 35.5. The van der Waals surface area contributed by atoms with Gasteiger partial charge >= 0.3 is 0 Å². The number of aromatic nitrogens is 3. The van der Waals surface area contributed by atoms with Crippen molar-refractivity contribution in [1.82, 2.24) is 15.0 Å². The molecule has 0 aliphatic carbocycles. The average molecular weight is 391 g/mol. The maximum atomic E-state index is 12.6. The molecule has 4 rings (SSSR count). The highest BCUT2D eigenvalue weighted by Crippen LogP contribution is 2.26. The molecular formula is C16H11ClN4O2S2. The second-order valence-corrected chi connectivity index (χ2v) is 8.03. The first kappa shape index (κ1) is 16.1. The molecule has 0 saturated heterocycles. The Morgan fingerprint density at radius 2 is 2.00 bits per heavy atom. The molecular weight excluding hydrogens is 380 g/mol. The zero-order valence-corrected chi connectivity index (χ0v) is 15.0. The Labute approximate surface area is 152 Å². The minimum atomic E-state index is -3.77. The van der Waals surface area contributed by atoms with Crippen molar-refractivity contribution < 1.29 is 8.42 Å². The van der Waals surface area contributed by atoms with E-state index in [4.69, 9.17) is 11.6 Å². The van der Waals surface area contributed by atoms with Crippen LogP contribution in [0.4, 0.5) is 5.69 Å². The van der Waals surface area contributed by atoms with Crippen molar-refractivity contribution in [2.24, 2.45) is 0 Å². The maximum absolute atomic E-state index is 12.6. The van der Waals surface area contributed by atoms with Crippen LogP contribution < -0.4 is 4.72 Å². The van der Waals surface area contributed by atoms with E-state index in [9.17, 15) is 8.42 Å². The van der Waals surface area contributed by atoms with Crippen LogP contribution in [0.15, 0.2) is 58.3 Å². The Morgan fingerprint density at radius 3 is 2.76 bits per heavy atom. The summed E-state index contributed by atoms with van der Waals surface area (Å²) in [5.74, 6) is 0.602. The molecule has 2 aromatic carbocycles. The minimum absolute atomic E-state index is 0.119. The Balaban J connectivity index is 1.72. The van der Waals surface area contributed by atoms with Crippen molar-refractivity contribution in [2.45, 2.75) is 4.90 Å². The molecule has 126 valence electrons. The van der Waals surface area contributed by atoms with Gasteiger partial charge in [0, 0.05) is 5.38 Å². The summed E-state index contributed by atoms with van der Waals surface area (Å²) >= 11 is 7.49. The molecule has 6 nitrogen and oxygen atoms in total. The van der Waals surface area contributed by atoms with Gasteiger partial charge in [-0.25, -0.2) is 18.4 Å². The minimum Gasteiger partial charge on any atom is -0.337 e. The summed E-state index contributed by atoms with van der Waals surface area (Å²) in [6.45, 7) is 0. The molecule has 2 N–H and O–H groups in total. The molecule has 2 heterocycles. The van der Waals surface area contributed by atoms with Crippen molar-refractivity contribution >= 4 is 49.7 Å². The number of thiazole rings is 1. The fourth-order valence-electron chi connectivity index (χ4n) is 2.35. The molecule has 4 aromatic rings. The lowest BCUT2D eigenvalue weighted by Crippen LogP contribution is -2.13. The van der Waals surface area contributed by atoms with Crippen molar-refractivity contribution in [3.05, 3.63) is 58.4 Å². The summed E-state index contributed by atoms with van der Waals surface area (Å²) in [6, 6.07) is 11.4. The first-order chi connectivity index (χ1) is 12.0. The van der Waals surface area contributed by atoms with Gasteiger partial charge in [0.15, 0.2) is 5.82 Å². The number of para-hydroxylation sites is 1. The number of aromatic amines is 1. The highest BCUT2D eigenvalue weighted by molar-refractivity contribution is 7.92. The summed E-state index contributed by atoms with van der Waals surface area (Å²) < 4.78 is 27.7. The number of hydrogen-bond acceptors (Lipinski definition) is 5. The van der Waals surface area contributed by atoms with Crippen LogP contribution in [-0.4, -0.2) is 23.4 Å². The quantitative estimate of drug-likeness (QED) is 0.548. The number of benzene rings is 2. The topological polar surface area (TPSA) is 87.7 Å². The number of H-pyrrole nitrogens is 1. The number of imidazole rings is 1. The molecule has 0 saturated carbocycles. The molecule has 0 atom stereocenters. The van der Waals surface area contributed by atoms with Crippen LogP contribution in [0.2, 0.25) is 5.02 Å². The molecule has 0 spiro atoms. The smallest absolute Gasteiger partial charge is 0.262 e. The average Bonchev–Trinajstić information content (AvgIpc) is 3.25. The molecule has 0 amide bonds. The molecule has 2 aromatic heterocycles. The molecule has 0 radical (unpaired) electrons. The van der Waals surface area contributed by atoms with Gasteiger partial charge in [-0.2, -0.15) is 0 Å². The van der Waals surface area contributed by atoms with Gasteiger partial charge in [0.2, 0.25) is 0 Å². The van der Waals surface area contributed by atoms with E-state index in [0.717, 1.165) is 5.69 Å². The predicted octanol–water partition coefficient (Wildman–Crippen LogP) is 4.14. The molecule has 9 heteroatoms. The van der Waals surface area contributed by atoms with Crippen molar-refractivity contribution in [2.75, 3.05) is 4.72 Å². The van der Waals surface area contributed by atoms with E-state index in [1.54, 1.807) is 35.8 Å². The third-order valence-corrected chi connectivity index (χ3v) is 5.84. The Morgan fingerprint density at radius 1 is 1.16 bits per heavy atom. The summed E-state index contributed by atoms with van der Waals surface area (Å²) in [4.78, 5) is 11.8. The van der Waals surface area contributed by atoms with Crippen molar-refractivity contribution in [1.29, 1.82) is 0 Å². The number of nitrogens with one attached hydrogen (secondary N) is 2. The molecule has 25 heavy (non-hydrogen) atoms. The number of nitrogens with zero attached hydrogens (tertiary/aromatic N) is 2. The zero-order chi connectivity index (χ0) is 17.4. The molecule has 0 bridgehead atoms. The fraction of sp³-hybridized carbons (Fsp3) is 0. The molecule has 0 aliphatic rings. The SMILES string of the molecule is O=S(=O)(Nc1ccccc1Cl)c1ccc2nc(-c3cscn3)[nH]c2c1. The maximum Gasteiger partial charge on any atom is 0.262 e. The standard InChI is InChI=1S/C16H11ClN4O2S2/c17-11-3-1-2-4-12(11)21-25(22,23)10-5-6-13-14(7-10)20-16(19-13)15-8-24-9-18-15/h1-9,21H,(H,19,20). The third-order valence-electron chi connectivity index (χ3n) is 3.56. The summed E-state index contributed by atoms with van der Waals surface area (Å²) in [5.41, 5.74) is 4.05. The van der Waals surface area contributed by atoms with E-state index in [0.29, 0.717) is 27.6 Å². The number of hydrogen-bond donors (Lipinski definition) is 2. The lowest BCUT2D eigenvalue weighted by molar-refractivity contribution is 0.601. The summed E-state index contributed by atoms with van der Waals surface area (Å²) in [5, 5.41) is 2.20. The second-order valence-electron chi connectivity index (χ2n) is 5.22. The summed E-state index contributed by atoms with van der Waals surface area (Å²) in [6.07, 6.45) is 0. The number of anilines is 1. The lowest BCUT2D eigenvalue weighted by Gasteiger charge is -2.09. The van der Waals surface area contributed by atoms with Crippen LogP contribution in [0, 0.1) is 0 Å². The normalized spacial score (nSPS) is 11.7. The van der Waals surface area contributed by atoms with Crippen molar-refractivity contribution in [3.63, 3.8) is 0 Å². The summed E-state index contributed by atoms with van der Waals surface area (Å²) in [7, 11) is -3.77. The van der Waals surface area contributed by atoms with Gasteiger partial charge in [-0.1, -0.05) is 23.7 Å². The lowest BCUT2D eigenvalue weighted by atomic mass is 10.3. The molecule has 0 aliphatic heterocycles. The van der Waals surface area contributed by atoms with Crippen LogP contribution in [0.3, 0.4) is 0 Å². The Bertz CT molecular complexity index is 1150. The van der Waals surface area contributed by atoms with E-state index >= 15 is 0 Å². The fourth-order valence-corrected chi connectivity index (χ4v) is 4.24. The van der Waals surface area contributed by atoms with Gasteiger partial charge in [0.1, 0.15) is 5.69 Å². The number of sulfonamides is 1. The van der Waals surface area contributed by atoms with Gasteiger partial charge in [-0.3, -0.25) is 4.72 Å². The highest BCUT2D eigenvalue weighted by Gasteiger charge is 2.17. The van der Waals surface area contributed by atoms with Crippen LogP contribution in [0.5, 0.6) is 0 Å². The van der Waals surface area contributed by atoms with E-state index in [1.165, 1.54) is 23.5 Å². The number of halogens is 1. The van der Waals surface area contributed by atoms with Gasteiger partial charge in [-0.15, -0.1) is 11.3 Å². The first-order valence-corrected chi connectivity index (χ1v) is 9.99. The third kappa shape index (κ3) is 3.11. The molecule has 0 fully saturated rings. The molecule has 0 unspecified atom stereocenters. The van der Waals surface area contributed by atoms with Gasteiger partial charge in [-0.05, 0) is 30.3 Å². The number of rotatable bonds is 4. The van der Waals surface area contributed by atoms with Crippen LogP contribution in [-0.2, 0) is 10.0 Å². The van der Waals surface area contributed by atoms with Crippen LogP contribution in [0.25, 0.3) is 22.6 Å². The van der Waals surface area contributed by atoms with Crippen molar-refractivity contribution in [3.8, 4) is 11.5 Å². The van der Waals surface area contributed by atoms with Gasteiger partial charge < -0.3 is 4.98 Å². The second kappa shape index (κ2) is 6.14. The number of fused-ring (bicyclic) bond motifs is 1.